The van der Waals surface area contributed by atoms with Crippen LogP contribution in [0.3, 0.4) is 0 Å². The van der Waals surface area contributed by atoms with Crippen LogP contribution in [0.1, 0.15) is 103 Å². The second-order valence-electron chi connectivity index (χ2n) is 12.0. The van der Waals surface area contributed by atoms with E-state index in [1.54, 1.807) is 27.7 Å². The SMILES string of the molecule is C.C=C1OC(=O)C(C(C)C)C1C(C)C.CC(C)C(C(=O)O)C(C(=O)O)C(C)C.CC(C)CCC(C)C. The highest BCUT2D eigenvalue weighted by atomic mass is 16.5. The lowest BCUT2D eigenvalue weighted by molar-refractivity contribution is -0.157. The summed E-state index contributed by atoms with van der Waals surface area (Å²) in [5.41, 5.74) is 0. The molecule has 214 valence electrons. The molecule has 0 spiro atoms. The molecule has 0 radical (unpaired) electrons. The van der Waals surface area contributed by atoms with Crippen LogP contribution in [0.25, 0.3) is 0 Å². The summed E-state index contributed by atoms with van der Waals surface area (Å²) >= 11 is 0. The van der Waals surface area contributed by atoms with Crippen LogP contribution < -0.4 is 0 Å². The van der Waals surface area contributed by atoms with Crippen molar-refractivity contribution in [2.45, 2.75) is 103 Å². The third-order valence-corrected chi connectivity index (χ3v) is 6.41. The molecule has 1 saturated heterocycles. The number of cyclic esters (lactones) is 1. The maximum atomic E-state index is 11.5. The number of hydrogen-bond acceptors (Lipinski definition) is 4. The Hall–Kier alpha value is -1.85. The number of carbonyl (C=O) groups is 3. The zero-order valence-corrected chi connectivity index (χ0v) is 24.4. The van der Waals surface area contributed by atoms with Crippen molar-refractivity contribution in [1.29, 1.82) is 0 Å². The summed E-state index contributed by atoms with van der Waals surface area (Å²) in [6.07, 6.45) is 2.77. The van der Waals surface area contributed by atoms with Crippen LogP contribution in [0.15, 0.2) is 12.3 Å². The van der Waals surface area contributed by atoms with Gasteiger partial charge in [-0.05, 0) is 35.5 Å². The number of esters is 1. The van der Waals surface area contributed by atoms with Crippen molar-refractivity contribution < 1.29 is 29.3 Å². The molecule has 4 unspecified atom stereocenters. The van der Waals surface area contributed by atoms with Crippen LogP contribution in [-0.4, -0.2) is 28.1 Å². The van der Waals surface area contributed by atoms with Gasteiger partial charge in [-0.2, -0.15) is 0 Å². The minimum absolute atomic E-state index is 0. The molecule has 0 aromatic carbocycles. The van der Waals surface area contributed by atoms with Crippen LogP contribution >= 0.6 is 0 Å². The second-order valence-corrected chi connectivity index (χ2v) is 12.0. The molecule has 0 aromatic heterocycles. The van der Waals surface area contributed by atoms with Gasteiger partial charge in [0.25, 0.3) is 0 Å². The minimum Gasteiger partial charge on any atom is -0.481 e. The number of allylic oxidation sites excluding steroid dienone is 1. The topological polar surface area (TPSA) is 101 Å². The number of carboxylic acids is 2. The number of carbonyl (C=O) groups excluding carboxylic acids is 1. The number of hydrogen-bond donors (Lipinski definition) is 2. The summed E-state index contributed by atoms with van der Waals surface area (Å²) in [5, 5.41) is 17.9. The molecule has 6 heteroatoms. The Morgan fingerprint density at radius 2 is 1.03 bits per heavy atom. The van der Waals surface area contributed by atoms with Gasteiger partial charge in [0.05, 0.1) is 17.8 Å². The molecule has 1 rings (SSSR count). The molecular formula is C30H58O6. The molecule has 1 fully saturated rings. The first kappa shape index (κ1) is 38.7. The Labute approximate surface area is 222 Å². The first-order valence-corrected chi connectivity index (χ1v) is 13.2. The first-order chi connectivity index (χ1) is 15.9. The van der Waals surface area contributed by atoms with Crippen LogP contribution in [0.4, 0.5) is 0 Å². The molecule has 4 atom stereocenters. The quantitative estimate of drug-likeness (QED) is 0.286. The average Bonchev–Trinajstić information content (AvgIpc) is 2.98. The Kier molecular flexibility index (Phi) is 19.8. The maximum absolute atomic E-state index is 11.5. The molecule has 0 aliphatic carbocycles. The lowest BCUT2D eigenvalue weighted by atomic mass is 9.77. The minimum atomic E-state index is -1.03. The predicted octanol–water partition coefficient (Wildman–Crippen LogP) is 8.02. The van der Waals surface area contributed by atoms with E-state index in [1.807, 2.05) is 0 Å². The van der Waals surface area contributed by atoms with Crippen LogP contribution in [0.2, 0.25) is 0 Å². The van der Waals surface area contributed by atoms with E-state index in [1.165, 1.54) is 12.8 Å². The van der Waals surface area contributed by atoms with Gasteiger partial charge in [-0.1, -0.05) is 110 Å². The molecule has 0 bridgehead atoms. The van der Waals surface area contributed by atoms with Gasteiger partial charge in [-0.25, -0.2) is 0 Å². The normalized spacial score (nSPS) is 18.9. The van der Waals surface area contributed by atoms with Crippen molar-refractivity contribution >= 4 is 17.9 Å². The molecule has 2 N–H and O–H groups in total. The highest BCUT2D eigenvalue weighted by molar-refractivity contribution is 5.80. The molecule has 6 nitrogen and oxygen atoms in total. The van der Waals surface area contributed by atoms with Crippen LogP contribution in [-0.2, 0) is 19.1 Å². The summed E-state index contributed by atoms with van der Waals surface area (Å²) in [6, 6.07) is 0. The summed E-state index contributed by atoms with van der Waals surface area (Å²) in [7, 11) is 0. The van der Waals surface area contributed by atoms with E-state index >= 15 is 0 Å². The van der Waals surface area contributed by atoms with Gasteiger partial charge in [-0.3, -0.25) is 14.4 Å². The average molecular weight is 515 g/mol. The van der Waals surface area contributed by atoms with Gasteiger partial charge >= 0.3 is 17.9 Å². The number of ether oxygens (including phenoxy) is 1. The molecule has 1 aliphatic heterocycles. The predicted molar refractivity (Wildman–Crippen MR) is 149 cm³/mol. The van der Waals surface area contributed by atoms with E-state index in [9.17, 15) is 14.4 Å². The molecule has 1 heterocycles. The summed E-state index contributed by atoms with van der Waals surface area (Å²) in [4.78, 5) is 33.3. The monoisotopic (exact) mass is 514 g/mol. The van der Waals surface area contributed by atoms with Crippen molar-refractivity contribution in [3.63, 3.8) is 0 Å². The molecule has 0 saturated carbocycles. The number of rotatable bonds is 10. The fourth-order valence-electron chi connectivity index (χ4n) is 4.46. The Morgan fingerprint density at radius 1 is 0.722 bits per heavy atom. The van der Waals surface area contributed by atoms with E-state index in [4.69, 9.17) is 14.9 Å². The fourth-order valence-corrected chi connectivity index (χ4v) is 4.46. The Balaban J connectivity index is -0.000000464. The van der Waals surface area contributed by atoms with Crippen molar-refractivity contribution in [3.8, 4) is 0 Å². The molecule has 36 heavy (non-hydrogen) atoms. The fraction of sp³-hybridized carbons (Fsp3) is 0.833. The maximum Gasteiger partial charge on any atom is 0.315 e. The highest BCUT2D eigenvalue weighted by Gasteiger charge is 2.43. The van der Waals surface area contributed by atoms with E-state index in [-0.39, 0.29) is 37.1 Å². The Bertz CT molecular complexity index is 604. The van der Waals surface area contributed by atoms with E-state index in [0.717, 1.165) is 11.8 Å². The number of aliphatic carboxylic acids is 2. The molecule has 0 amide bonds. The summed E-state index contributed by atoms with van der Waals surface area (Å²) in [5.74, 6) is -0.730. The first-order valence-electron chi connectivity index (χ1n) is 13.2. The molecule has 1 aliphatic rings. The van der Waals surface area contributed by atoms with Gasteiger partial charge < -0.3 is 14.9 Å². The lowest BCUT2D eigenvalue weighted by Gasteiger charge is -2.26. The van der Waals surface area contributed by atoms with Crippen molar-refractivity contribution in [3.05, 3.63) is 12.3 Å². The van der Waals surface area contributed by atoms with Gasteiger partial charge in [0.1, 0.15) is 5.76 Å². The van der Waals surface area contributed by atoms with Gasteiger partial charge in [0, 0.05) is 5.92 Å². The molecule has 0 aromatic rings. The van der Waals surface area contributed by atoms with E-state index in [2.05, 4.69) is 62.0 Å². The highest BCUT2D eigenvalue weighted by Crippen LogP contribution is 2.39. The van der Waals surface area contributed by atoms with Crippen molar-refractivity contribution in [2.24, 2.45) is 59.2 Å². The van der Waals surface area contributed by atoms with Crippen molar-refractivity contribution in [2.75, 3.05) is 0 Å². The summed E-state index contributed by atoms with van der Waals surface area (Å²) in [6.45, 7) is 28.2. The van der Waals surface area contributed by atoms with E-state index < -0.39 is 23.8 Å². The van der Waals surface area contributed by atoms with Gasteiger partial charge in [0.15, 0.2) is 0 Å². The largest absolute Gasteiger partial charge is 0.481 e. The Morgan fingerprint density at radius 3 is 1.19 bits per heavy atom. The molecular weight excluding hydrogens is 456 g/mol. The van der Waals surface area contributed by atoms with Gasteiger partial charge in [0.2, 0.25) is 0 Å². The number of carboxylic acid groups (broad SMARTS) is 2. The summed E-state index contributed by atoms with van der Waals surface area (Å²) < 4.78 is 5.08. The third kappa shape index (κ3) is 14.0. The smallest absolute Gasteiger partial charge is 0.315 e. The van der Waals surface area contributed by atoms with Gasteiger partial charge in [-0.15, -0.1) is 0 Å². The lowest BCUT2D eigenvalue weighted by Crippen LogP contribution is -2.36. The van der Waals surface area contributed by atoms with E-state index in [0.29, 0.717) is 17.6 Å². The second kappa shape index (κ2) is 18.4. The van der Waals surface area contributed by atoms with Crippen LogP contribution in [0.5, 0.6) is 0 Å². The zero-order chi connectivity index (χ0) is 28.2. The van der Waals surface area contributed by atoms with Crippen molar-refractivity contribution in [1.82, 2.24) is 0 Å². The zero-order valence-electron chi connectivity index (χ0n) is 24.4. The third-order valence-electron chi connectivity index (χ3n) is 6.41. The standard InChI is InChI=1S/C11H18O2.C10H18O4.C8H18.CH4/c1-6(2)9-8(5)13-11(12)10(9)7(3)4;1-5(2)7(9(11)12)8(6(3)4)10(13)14;1-7(2)5-6-8(3)4;/h6-7,9-10H,5H2,1-4H3;5-8H,1-4H3,(H,11,12)(H,13,14);7-8H,5-6H2,1-4H3;1H4. The van der Waals surface area contributed by atoms with Crippen LogP contribution in [0, 0.1) is 59.2 Å².